The maximum absolute atomic E-state index is 12.0. The van der Waals surface area contributed by atoms with Crippen LogP contribution in [-0.2, 0) is 4.79 Å². The van der Waals surface area contributed by atoms with E-state index in [-0.39, 0.29) is 11.3 Å². The van der Waals surface area contributed by atoms with Gasteiger partial charge in [-0.3, -0.25) is 25.0 Å². The summed E-state index contributed by atoms with van der Waals surface area (Å²) in [7, 11) is 0. The lowest BCUT2D eigenvalue weighted by Crippen LogP contribution is -2.42. The standard InChI is InChI=1S/C17H13Cl2N5O2S/c18-11-4-3-5-12(8-11)24-10-20-23-17(24)27-9-15(25)21-22-16(26)13-6-1-2-7-14(13)19/h1-8,10H,9H2,(H,21,25)(H,22,26). The molecule has 0 aliphatic heterocycles. The molecular formula is C17H13Cl2N5O2S. The summed E-state index contributed by atoms with van der Waals surface area (Å²) in [5.74, 6) is -0.871. The molecule has 0 radical (unpaired) electrons. The average molecular weight is 422 g/mol. The van der Waals surface area contributed by atoms with E-state index in [1.54, 1.807) is 41.0 Å². The van der Waals surface area contributed by atoms with Crippen LogP contribution in [-0.4, -0.2) is 32.3 Å². The Bertz CT molecular complexity index is 979. The molecule has 3 aromatic rings. The van der Waals surface area contributed by atoms with Gasteiger partial charge in [-0.25, -0.2) is 0 Å². The van der Waals surface area contributed by atoms with Crippen LogP contribution in [0.5, 0.6) is 0 Å². The minimum absolute atomic E-state index is 0.0298. The van der Waals surface area contributed by atoms with Crippen molar-refractivity contribution >= 4 is 46.8 Å². The first-order valence-corrected chi connectivity index (χ1v) is 9.41. The van der Waals surface area contributed by atoms with Crippen LogP contribution in [0.15, 0.2) is 60.0 Å². The number of thioether (sulfide) groups is 1. The highest BCUT2D eigenvalue weighted by Gasteiger charge is 2.13. The number of aromatic nitrogens is 3. The Labute approximate surface area is 169 Å². The Balaban J connectivity index is 1.55. The van der Waals surface area contributed by atoms with Gasteiger partial charge in [0.25, 0.3) is 5.91 Å². The molecular weight excluding hydrogens is 409 g/mol. The summed E-state index contributed by atoms with van der Waals surface area (Å²) in [4.78, 5) is 24.0. The number of halogens is 2. The zero-order valence-corrected chi connectivity index (χ0v) is 16.1. The molecule has 1 heterocycles. The number of carbonyl (C=O) groups is 2. The van der Waals surface area contributed by atoms with Gasteiger partial charge in [0.1, 0.15) is 6.33 Å². The number of benzene rings is 2. The van der Waals surface area contributed by atoms with Crippen molar-refractivity contribution in [3.63, 3.8) is 0 Å². The summed E-state index contributed by atoms with van der Waals surface area (Å²) in [6.07, 6.45) is 1.53. The van der Waals surface area contributed by atoms with Crippen LogP contribution in [0.3, 0.4) is 0 Å². The van der Waals surface area contributed by atoms with E-state index in [1.165, 1.54) is 18.1 Å². The third-order valence-corrected chi connectivity index (χ3v) is 4.88. The summed E-state index contributed by atoms with van der Waals surface area (Å²) in [6.45, 7) is 0. The van der Waals surface area contributed by atoms with E-state index in [1.807, 2.05) is 12.1 Å². The molecule has 2 N–H and O–H groups in total. The largest absolute Gasteiger partial charge is 0.277 e. The molecule has 138 valence electrons. The lowest BCUT2D eigenvalue weighted by atomic mass is 10.2. The van der Waals surface area contributed by atoms with Gasteiger partial charge in [0.15, 0.2) is 5.16 Å². The van der Waals surface area contributed by atoms with E-state index in [2.05, 4.69) is 21.0 Å². The van der Waals surface area contributed by atoms with Gasteiger partial charge in [-0.1, -0.05) is 53.2 Å². The summed E-state index contributed by atoms with van der Waals surface area (Å²) >= 11 is 13.1. The second-order valence-corrected chi connectivity index (χ2v) is 7.02. The van der Waals surface area contributed by atoms with E-state index in [9.17, 15) is 9.59 Å². The van der Waals surface area contributed by atoms with Crippen molar-refractivity contribution in [2.75, 3.05) is 5.75 Å². The summed E-state index contributed by atoms with van der Waals surface area (Å²) < 4.78 is 1.71. The fourth-order valence-corrected chi connectivity index (χ4v) is 3.27. The van der Waals surface area contributed by atoms with Crippen molar-refractivity contribution in [2.24, 2.45) is 0 Å². The van der Waals surface area contributed by atoms with E-state index in [4.69, 9.17) is 23.2 Å². The topological polar surface area (TPSA) is 88.9 Å². The lowest BCUT2D eigenvalue weighted by molar-refractivity contribution is -0.119. The fourth-order valence-electron chi connectivity index (χ4n) is 2.13. The number of nitrogens with zero attached hydrogens (tertiary/aromatic N) is 3. The second kappa shape index (κ2) is 8.90. The Morgan fingerprint density at radius 3 is 2.67 bits per heavy atom. The minimum atomic E-state index is -0.499. The molecule has 2 amide bonds. The highest BCUT2D eigenvalue weighted by Crippen LogP contribution is 2.21. The molecule has 2 aromatic carbocycles. The van der Waals surface area contributed by atoms with E-state index in [0.717, 1.165) is 5.69 Å². The van der Waals surface area contributed by atoms with E-state index in [0.29, 0.717) is 15.2 Å². The Morgan fingerprint density at radius 2 is 1.89 bits per heavy atom. The van der Waals surface area contributed by atoms with Gasteiger partial charge in [-0.05, 0) is 30.3 Å². The highest BCUT2D eigenvalue weighted by molar-refractivity contribution is 7.99. The molecule has 3 rings (SSSR count). The first-order chi connectivity index (χ1) is 13.0. The molecule has 0 atom stereocenters. The Hall–Kier alpha value is -2.55. The van der Waals surface area contributed by atoms with Crippen LogP contribution in [0.25, 0.3) is 5.69 Å². The number of hydrogen-bond donors (Lipinski definition) is 2. The normalized spacial score (nSPS) is 10.4. The van der Waals surface area contributed by atoms with Gasteiger partial charge >= 0.3 is 0 Å². The van der Waals surface area contributed by atoms with E-state index < -0.39 is 11.8 Å². The van der Waals surface area contributed by atoms with Gasteiger partial charge in [0.2, 0.25) is 5.91 Å². The molecule has 0 saturated heterocycles. The van der Waals surface area contributed by atoms with Crippen molar-refractivity contribution < 1.29 is 9.59 Å². The zero-order valence-electron chi connectivity index (χ0n) is 13.7. The number of nitrogens with one attached hydrogen (secondary N) is 2. The number of hydrazine groups is 1. The maximum Gasteiger partial charge on any atom is 0.271 e. The maximum atomic E-state index is 12.0. The van der Waals surface area contributed by atoms with Crippen molar-refractivity contribution in [1.29, 1.82) is 0 Å². The Morgan fingerprint density at radius 1 is 1.07 bits per heavy atom. The van der Waals surface area contributed by atoms with Crippen LogP contribution < -0.4 is 10.9 Å². The molecule has 0 aliphatic rings. The molecule has 27 heavy (non-hydrogen) atoms. The van der Waals surface area contributed by atoms with Crippen LogP contribution in [0.2, 0.25) is 10.0 Å². The Kier molecular flexibility index (Phi) is 6.33. The van der Waals surface area contributed by atoms with Crippen molar-refractivity contribution in [1.82, 2.24) is 25.6 Å². The fraction of sp³-hybridized carbons (Fsp3) is 0.0588. The first kappa shape index (κ1) is 19.2. The van der Waals surface area contributed by atoms with Gasteiger partial charge in [0.05, 0.1) is 22.0 Å². The highest BCUT2D eigenvalue weighted by atomic mass is 35.5. The third-order valence-electron chi connectivity index (χ3n) is 3.37. The molecule has 0 aliphatic carbocycles. The molecule has 0 saturated carbocycles. The summed E-state index contributed by atoms with van der Waals surface area (Å²) in [6, 6.07) is 13.7. The van der Waals surface area contributed by atoms with Gasteiger partial charge < -0.3 is 0 Å². The van der Waals surface area contributed by atoms with Crippen molar-refractivity contribution in [2.45, 2.75) is 5.16 Å². The number of amides is 2. The predicted molar refractivity (Wildman–Crippen MR) is 104 cm³/mol. The first-order valence-electron chi connectivity index (χ1n) is 7.67. The van der Waals surface area contributed by atoms with Crippen LogP contribution in [0.4, 0.5) is 0 Å². The lowest BCUT2D eigenvalue weighted by Gasteiger charge is -2.09. The molecule has 1 aromatic heterocycles. The minimum Gasteiger partial charge on any atom is -0.277 e. The molecule has 10 heteroatoms. The molecule has 0 unspecified atom stereocenters. The van der Waals surface area contributed by atoms with Gasteiger partial charge in [-0.2, -0.15) is 0 Å². The van der Waals surface area contributed by atoms with Crippen LogP contribution in [0, 0.1) is 0 Å². The monoisotopic (exact) mass is 421 g/mol. The molecule has 0 spiro atoms. The second-order valence-electron chi connectivity index (χ2n) is 5.23. The SMILES string of the molecule is O=C(CSc1nncn1-c1cccc(Cl)c1)NNC(=O)c1ccccc1Cl. The summed E-state index contributed by atoms with van der Waals surface area (Å²) in [5, 5.41) is 9.26. The average Bonchev–Trinajstić information content (AvgIpc) is 3.13. The number of carbonyl (C=O) groups excluding carboxylic acids is 2. The smallest absolute Gasteiger partial charge is 0.271 e. The zero-order chi connectivity index (χ0) is 19.2. The number of rotatable bonds is 5. The van der Waals surface area contributed by atoms with Gasteiger partial charge in [-0.15, -0.1) is 10.2 Å². The van der Waals surface area contributed by atoms with Crippen molar-refractivity contribution in [3.05, 3.63) is 70.5 Å². The van der Waals surface area contributed by atoms with Crippen LogP contribution in [0.1, 0.15) is 10.4 Å². The van der Waals surface area contributed by atoms with Gasteiger partial charge in [0, 0.05) is 5.02 Å². The van der Waals surface area contributed by atoms with E-state index >= 15 is 0 Å². The summed E-state index contributed by atoms with van der Waals surface area (Å²) in [5.41, 5.74) is 5.72. The molecule has 0 bridgehead atoms. The predicted octanol–water partition coefficient (Wildman–Crippen LogP) is 3.13. The molecule has 0 fully saturated rings. The number of hydrogen-bond acceptors (Lipinski definition) is 5. The van der Waals surface area contributed by atoms with Crippen molar-refractivity contribution in [3.8, 4) is 5.69 Å². The molecule has 7 nitrogen and oxygen atoms in total. The third kappa shape index (κ3) is 5.00. The quantitative estimate of drug-likeness (QED) is 0.487. The van der Waals surface area contributed by atoms with Crippen LogP contribution >= 0.6 is 35.0 Å².